The molecule has 10 heavy (non-hydrogen) atoms. The third-order valence-electron chi connectivity index (χ3n) is 0.798. The molecule has 0 aliphatic heterocycles. The first-order valence-electron chi connectivity index (χ1n) is 2.42. The number of thiol groups is 1. The lowest BCUT2D eigenvalue weighted by Gasteiger charge is -1.91. The van der Waals surface area contributed by atoms with Crippen LogP contribution in [0.15, 0.2) is 15.9 Å². The highest BCUT2D eigenvalue weighted by atomic mass is 79.9. The Morgan fingerprint density at radius 1 is 1.80 bits per heavy atom. The van der Waals surface area contributed by atoms with E-state index in [-0.39, 0.29) is 5.24 Å². The molecule has 0 radical (unpaired) electrons. The van der Waals surface area contributed by atoms with E-state index in [9.17, 15) is 4.79 Å². The van der Waals surface area contributed by atoms with Crippen LogP contribution in [0.1, 0.15) is 0 Å². The summed E-state index contributed by atoms with van der Waals surface area (Å²) >= 11 is 8.27. The molecule has 1 N–H and O–H groups in total. The smallest absolute Gasteiger partial charge is 0.280 e. The number of thiophene rings is 1. The fraction of sp³-hybridized carbons (Fsp3) is 0. The van der Waals surface area contributed by atoms with Crippen LogP contribution < -0.4 is 5.32 Å². The lowest BCUT2D eigenvalue weighted by molar-refractivity contribution is 0.270. The van der Waals surface area contributed by atoms with Crippen molar-refractivity contribution in [2.24, 2.45) is 0 Å². The van der Waals surface area contributed by atoms with Crippen LogP contribution in [0.3, 0.4) is 0 Å². The molecule has 0 bridgehead atoms. The van der Waals surface area contributed by atoms with Crippen LogP contribution in [-0.4, -0.2) is 5.24 Å². The highest BCUT2D eigenvalue weighted by Gasteiger charge is 1.97. The number of carbonyl (C=O) groups is 1. The number of hydrogen-bond donors (Lipinski definition) is 2. The highest BCUT2D eigenvalue weighted by molar-refractivity contribution is 9.10. The SMILES string of the molecule is O=C(S)Nc1cc(Br)cs1. The average Bonchev–Trinajstić information content (AvgIpc) is 2.13. The maximum atomic E-state index is 10.4. The van der Waals surface area contributed by atoms with Gasteiger partial charge in [-0.2, -0.15) is 0 Å². The Morgan fingerprint density at radius 3 is 2.90 bits per heavy atom. The van der Waals surface area contributed by atoms with Crippen LogP contribution in [0.25, 0.3) is 0 Å². The summed E-state index contributed by atoms with van der Waals surface area (Å²) in [4.78, 5) is 10.4. The Labute approximate surface area is 76.2 Å². The predicted octanol–water partition coefficient (Wildman–Crippen LogP) is 2.97. The first-order valence-corrected chi connectivity index (χ1v) is 4.54. The molecule has 0 saturated carbocycles. The van der Waals surface area contributed by atoms with Crippen molar-refractivity contribution in [3.63, 3.8) is 0 Å². The second-order valence-corrected chi connectivity index (χ2v) is 3.79. The minimum atomic E-state index is -0.339. The number of halogens is 1. The van der Waals surface area contributed by atoms with E-state index in [1.165, 1.54) is 11.3 Å². The van der Waals surface area contributed by atoms with Gasteiger partial charge in [-0.15, -0.1) is 11.3 Å². The second-order valence-electron chi connectivity index (χ2n) is 1.56. The maximum absolute atomic E-state index is 10.4. The van der Waals surface area contributed by atoms with E-state index >= 15 is 0 Å². The van der Waals surface area contributed by atoms with Gasteiger partial charge in [-0.25, -0.2) is 0 Å². The zero-order valence-electron chi connectivity index (χ0n) is 4.80. The maximum Gasteiger partial charge on any atom is 0.280 e. The normalized spacial score (nSPS) is 9.40. The van der Waals surface area contributed by atoms with E-state index in [1.54, 1.807) is 0 Å². The molecule has 0 saturated heterocycles. The van der Waals surface area contributed by atoms with E-state index in [0.29, 0.717) is 0 Å². The molecule has 54 valence electrons. The van der Waals surface area contributed by atoms with Crippen molar-refractivity contribution in [2.75, 3.05) is 5.32 Å². The Morgan fingerprint density at radius 2 is 2.50 bits per heavy atom. The molecule has 0 aliphatic carbocycles. The minimum absolute atomic E-state index is 0.339. The predicted molar refractivity (Wildman–Crippen MR) is 50.0 cm³/mol. The van der Waals surface area contributed by atoms with Gasteiger partial charge in [0.2, 0.25) is 0 Å². The van der Waals surface area contributed by atoms with E-state index in [0.717, 1.165) is 9.47 Å². The van der Waals surface area contributed by atoms with Crippen molar-refractivity contribution >= 4 is 50.1 Å². The second kappa shape index (κ2) is 3.41. The Hall–Kier alpha value is -0.0000000000000000833. The standard InChI is InChI=1S/C5H4BrNOS2/c6-3-1-4(10-2-3)7-5(8)9/h1-2H,(H2,7,8,9). The molecular weight excluding hydrogens is 234 g/mol. The molecule has 1 aromatic rings. The van der Waals surface area contributed by atoms with Gasteiger partial charge < -0.3 is 5.32 Å². The molecule has 1 amide bonds. The fourth-order valence-corrected chi connectivity index (χ4v) is 2.00. The van der Waals surface area contributed by atoms with E-state index in [4.69, 9.17) is 0 Å². The van der Waals surface area contributed by atoms with E-state index in [1.807, 2.05) is 11.4 Å². The molecule has 2 nitrogen and oxygen atoms in total. The zero-order chi connectivity index (χ0) is 7.56. The quantitative estimate of drug-likeness (QED) is 0.723. The number of nitrogens with one attached hydrogen (secondary N) is 1. The molecule has 1 aromatic heterocycles. The van der Waals surface area contributed by atoms with Gasteiger partial charge in [0.1, 0.15) is 0 Å². The minimum Gasteiger partial charge on any atom is -0.309 e. The summed E-state index contributed by atoms with van der Waals surface area (Å²) in [5.41, 5.74) is 0. The van der Waals surface area contributed by atoms with Gasteiger partial charge in [-0.3, -0.25) is 4.79 Å². The van der Waals surface area contributed by atoms with E-state index < -0.39 is 0 Å². The van der Waals surface area contributed by atoms with Gasteiger partial charge >= 0.3 is 0 Å². The molecule has 0 atom stereocenters. The molecule has 1 rings (SSSR count). The van der Waals surface area contributed by atoms with Gasteiger partial charge in [0.15, 0.2) is 0 Å². The van der Waals surface area contributed by atoms with Gasteiger partial charge in [0.25, 0.3) is 5.24 Å². The summed E-state index contributed by atoms with van der Waals surface area (Å²) in [5.74, 6) is 0. The molecule has 5 heteroatoms. The average molecular weight is 238 g/mol. The van der Waals surface area contributed by atoms with Crippen LogP contribution >= 0.6 is 39.9 Å². The van der Waals surface area contributed by atoms with Gasteiger partial charge in [0.05, 0.1) is 5.00 Å². The van der Waals surface area contributed by atoms with Gasteiger partial charge in [-0.1, -0.05) is 12.6 Å². The molecule has 0 aliphatic rings. The van der Waals surface area contributed by atoms with Crippen molar-refractivity contribution in [3.8, 4) is 0 Å². The van der Waals surface area contributed by atoms with Crippen molar-refractivity contribution in [2.45, 2.75) is 0 Å². The molecule has 0 unspecified atom stereocenters. The highest BCUT2D eigenvalue weighted by Crippen LogP contribution is 2.24. The van der Waals surface area contributed by atoms with Crippen LogP contribution in [-0.2, 0) is 0 Å². The van der Waals surface area contributed by atoms with Crippen LogP contribution in [0.5, 0.6) is 0 Å². The summed E-state index contributed by atoms with van der Waals surface area (Å²) in [6.07, 6.45) is 0. The van der Waals surface area contributed by atoms with Crippen LogP contribution in [0.4, 0.5) is 9.80 Å². The molecule has 0 aromatic carbocycles. The molecular formula is C5H4BrNOS2. The molecule has 1 heterocycles. The number of amides is 1. The Kier molecular flexibility index (Phi) is 2.76. The molecule has 0 fully saturated rings. The number of anilines is 1. The monoisotopic (exact) mass is 237 g/mol. The third kappa shape index (κ3) is 2.32. The lowest BCUT2D eigenvalue weighted by atomic mass is 10.6. The Balaban J connectivity index is 2.67. The van der Waals surface area contributed by atoms with Gasteiger partial charge in [0, 0.05) is 9.85 Å². The number of carbonyl (C=O) groups excluding carboxylic acids is 1. The van der Waals surface area contributed by atoms with Crippen molar-refractivity contribution in [1.82, 2.24) is 0 Å². The summed E-state index contributed by atoms with van der Waals surface area (Å²) in [6, 6.07) is 1.82. The fourth-order valence-electron chi connectivity index (χ4n) is 0.484. The first kappa shape index (κ1) is 8.10. The van der Waals surface area contributed by atoms with Crippen molar-refractivity contribution in [1.29, 1.82) is 0 Å². The zero-order valence-corrected chi connectivity index (χ0v) is 8.09. The summed E-state index contributed by atoms with van der Waals surface area (Å²) in [6.45, 7) is 0. The van der Waals surface area contributed by atoms with Crippen molar-refractivity contribution in [3.05, 3.63) is 15.9 Å². The van der Waals surface area contributed by atoms with Crippen LogP contribution in [0, 0.1) is 0 Å². The topological polar surface area (TPSA) is 29.1 Å². The summed E-state index contributed by atoms with van der Waals surface area (Å²) < 4.78 is 0.967. The Bertz CT molecular complexity index is 248. The van der Waals surface area contributed by atoms with Crippen LogP contribution in [0.2, 0.25) is 0 Å². The number of hydrogen-bond acceptors (Lipinski definition) is 2. The summed E-state index contributed by atoms with van der Waals surface area (Å²) in [5, 5.41) is 4.89. The lowest BCUT2D eigenvalue weighted by Crippen LogP contribution is -1.97. The summed E-state index contributed by atoms with van der Waals surface area (Å²) in [7, 11) is 0. The number of rotatable bonds is 1. The molecule has 0 spiro atoms. The largest absolute Gasteiger partial charge is 0.309 e. The third-order valence-corrected chi connectivity index (χ3v) is 2.52. The van der Waals surface area contributed by atoms with E-state index in [2.05, 4.69) is 33.9 Å². The first-order chi connectivity index (χ1) is 4.68. The van der Waals surface area contributed by atoms with Crippen molar-refractivity contribution < 1.29 is 4.79 Å². The van der Waals surface area contributed by atoms with Gasteiger partial charge in [-0.05, 0) is 22.0 Å².